The Hall–Kier alpha value is -2.08. The van der Waals surface area contributed by atoms with Crippen molar-refractivity contribution in [1.29, 1.82) is 0 Å². The number of nitrogens with one attached hydrogen (secondary N) is 1. The van der Waals surface area contributed by atoms with E-state index in [1.54, 1.807) is 7.11 Å². The Morgan fingerprint density at radius 2 is 2.06 bits per heavy atom. The van der Waals surface area contributed by atoms with Crippen LogP contribution in [0, 0.1) is 0 Å². The fourth-order valence-corrected chi connectivity index (χ4v) is 1.47. The fraction of sp³-hybridized carbons (Fsp3) is 0.333. The van der Waals surface area contributed by atoms with Gasteiger partial charge >= 0.3 is 6.01 Å². The monoisotopic (exact) mass is 248 g/mol. The maximum Gasteiger partial charge on any atom is 0.315 e. The zero-order valence-corrected chi connectivity index (χ0v) is 10.2. The lowest BCUT2D eigenvalue weighted by molar-refractivity contribution is 0.210. The summed E-state index contributed by atoms with van der Waals surface area (Å²) in [6.07, 6.45) is 0.596. The van der Waals surface area contributed by atoms with Crippen molar-refractivity contribution in [3.63, 3.8) is 0 Å². The lowest BCUT2D eigenvalue weighted by Gasteiger charge is -1.99. The maximum absolute atomic E-state index is 5.62. The highest BCUT2D eigenvalue weighted by Gasteiger charge is 2.06. The van der Waals surface area contributed by atoms with Gasteiger partial charge in [-0.05, 0) is 17.7 Å². The molecular formula is C12H16N4O2. The van der Waals surface area contributed by atoms with Crippen molar-refractivity contribution in [2.45, 2.75) is 6.42 Å². The van der Waals surface area contributed by atoms with Crippen LogP contribution in [-0.4, -0.2) is 30.5 Å². The van der Waals surface area contributed by atoms with Gasteiger partial charge in [0.05, 0.1) is 13.0 Å². The zero-order chi connectivity index (χ0) is 12.8. The Labute approximate surface area is 105 Å². The zero-order valence-electron chi connectivity index (χ0n) is 10.2. The van der Waals surface area contributed by atoms with E-state index in [0.29, 0.717) is 31.5 Å². The molecule has 0 radical (unpaired) electrons. The Bertz CT molecular complexity index is 481. The lowest BCUT2D eigenvalue weighted by Crippen LogP contribution is -2.07. The molecule has 1 aromatic carbocycles. The second kappa shape index (κ2) is 6.02. The van der Waals surface area contributed by atoms with E-state index in [9.17, 15) is 0 Å². The minimum atomic E-state index is 0.414. The molecule has 0 aliphatic heterocycles. The largest absolute Gasteiger partial charge is 0.408 e. The first-order valence-electron chi connectivity index (χ1n) is 5.67. The Morgan fingerprint density at radius 1 is 1.28 bits per heavy atom. The van der Waals surface area contributed by atoms with E-state index in [2.05, 4.69) is 15.5 Å². The summed E-state index contributed by atoms with van der Waals surface area (Å²) in [5, 5.41) is 10.8. The van der Waals surface area contributed by atoms with Crippen LogP contribution in [0.4, 0.5) is 11.7 Å². The van der Waals surface area contributed by atoms with Crippen LogP contribution in [0.2, 0.25) is 0 Å². The van der Waals surface area contributed by atoms with E-state index in [4.69, 9.17) is 14.9 Å². The molecule has 0 atom stereocenters. The molecule has 96 valence electrons. The smallest absolute Gasteiger partial charge is 0.315 e. The lowest BCUT2D eigenvalue weighted by atomic mass is 10.1. The van der Waals surface area contributed by atoms with Gasteiger partial charge in [0.15, 0.2) is 0 Å². The summed E-state index contributed by atoms with van der Waals surface area (Å²) in [7, 11) is 1.64. The van der Waals surface area contributed by atoms with Crippen LogP contribution >= 0.6 is 0 Å². The second-order valence-electron chi connectivity index (χ2n) is 3.84. The van der Waals surface area contributed by atoms with Gasteiger partial charge in [0.1, 0.15) is 0 Å². The summed E-state index contributed by atoms with van der Waals surface area (Å²) in [6, 6.07) is 8.00. The average Bonchev–Trinajstić information content (AvgIpc) is 2.80. The van der Waals surface area contributed by atoms with Crippen molar-refractivity contribution in [3.05, 3.63) is 35.7 Å². The van der Waals surface area contributed by atoms with Crippen molar-refractivity contribution in [2.24, 2.45) is 0 Å². The van der Waals surface area contributed by atoms with Crippen LogP contribution in [0.3, 0.4) is 0 Å². The topological polar surface area (TPSA) is 86.2 Å². The molecule has 0 amide bonds. The number of rotatable bonds is 6. The highest BCUT2D eigenvalue weighted by Crippen LogP contribution is 2.12. The van der Waals surface area contributed by atoms with E-state index in [1.165, 1.54) is 0 Å². The van der Waals surface area contributed by atoms with Gasteiger partial charge in [0.2, 0.25) is 5.89 Å². The summed E-state index contributed by atoms with van der Waals surface area (Å²) < 4.78 is 10.4. The highest BCUT2D eigenvalue weighted by atomic mass is 16.5. The van der Waals surface area contributed by atoms with Crippen molar-refractivity contribution in [3.8, 4) is 0 Å². The van der Waals surface area contributed by atoms with Crippen LogP contribution in [0.1, 0.15) is 11.5 Å². The second-order valence-corrected chi connectivity index (χ2v) is 3.84. The third-order valence-corrected chi connectivity index (χ3v) is 2.38. The molecule has 0 fully saturated rings. The standard InChI is InChI=1S/C12H16N4O2/c1-17-7-6-14-12-16-15-11(18-12)8-9-2-4-10(13)5-3-9/h2-5H,6-8,13H2,1H3,(H,14,16). The number of hydrogen-bond acceptors (Lipinski definition) is 6. The third-order valence-electron chi connectivity index (χ3n) is 2.38. The number of nitrogens with two attached hydrogens (primary N) is 1. The highest BCUT2D eigenvalue weighted by molar-refractivity contribution is 5.39. The summed E-state index contributed by atoms with van der Waals surface area (Å²) in [6.45, 7) is 1.23. The first-order chi connectivity index (χ1) is 8.78. The number of aromatic nitrogens is 2. The number of methoxy groups -OCH3 is 1. The molecule has 0 bridgehead atoms. The van der Waals surface area contributed by atoms with Gasteiger partial charge < -0.3 is 20.2 Å². The molecule has 0 aliphatic rings. The Morgan fingerprint density at radius 3 is 2.78 bits per heavy atom. The van der Waals surface area contributed by atoms with Crippen LogP contribution < -0.4 is 11.1 Å². The van der Waals surface area contributed by atoms with Crippen LogP contribution in [0.5, 0.6) is 0 Å². The summed E-state index contributed by atoms with van der Waals surface area (Å²) in [5.41, 5.74) is 7.44. The quantitative estimate of drug-likeness (QED) is 0.592. The molecule has 2 rings (SSSR count). The van der Waals surface area contributed by atoms with Gasteiger partial charge in [-0.2, -0.15) is 0 Å². The predicted octanol–water partition coefficient (Wildman–Crippen LogP) is 1.30. The number of nitrogens with zero attached hydrogens (tertiary/aromatic N) is 2. The molecule has 0 spiro atoms. The van der Waals surface area contributed by atoms with E-state index in [0.717, 1.165) is 11.3 Å². The van der Waals surface area contributed by atoms with Gasteiger partial charge in [-0.3, -0.25) is 0 Å². The minimum absolute atomic E-state index is 0.414. The molecule has 6 heteroatoms. The number of nitrogen functional groups attached to an aromatic ring is 1. The van der Waals surface area contributed by atoms with Crippen molar-refractivity contribution >= 4 is 11.7 Å². The van der Waals surface area contributed by atoms with E-state index in [-0.39, 0.29) is 0 Å². The summed E-state index contributed by atoms with van der Waals surface area (Å²) in [5.74, 6) is 0.569. The van der Waals surface area contributed by atoms with Crippen molar-refractivity contribution < 1.29 is 9.15 Å². The van der Waals surface area contributed by atoms with Gasteiger partial charge in [0.25, 0.3) is 0 Å². The van der Waals surface area contributed by atoms with Crippen LogP contribution in [-0.2, 0) is 11.2 Å². The van der Waals surface area contributed by atoms with Gasteiger partial charge in [0, 0.05) is 19.3 Å². The third kappa shape index (κ3) is 3.46. The molecule has 0 saturated carbocycles. The van der Waals surface area contributed by atoms with Gasteiger partial charge in [-0.25, -0.2) is 0 Å². The summed E-state index contributed by atoms with van der Waals surface area (Å²) in [4.78, 5) is 0. The average molecular weight is 248 g/mol. The number of hydrogen-bond donors (Lipinski definition) is 2. The van der Waals surface area contributed by atoms with Crippen LogP contribution in [0.25, 0.3) is 0 Å². The van der Waals surface area contributed by atoms with Crippen molar-refractivity contribution in [2.75, 3.05) is 31.3 Å². The molecule has 2 aromatic rings. The molecule has 1 aromatic heterocycles. The Balaban J connectivity index is 1.91. The van der Waals surface area contributed by atoms with Gasteiger partial charge in [-0.15, -0.1) is 5.10 Å². The molecular weight excluding hydrogens is 232 g/mol. The first-order valence-corrected chi connectivity index (χ1v) is 5.67. The number of benzene rings is 1. The fourth-order valence-electron chi connectivity index (χ4n) is 1.47. The first kappa shape index (κ1) is 12.4. The summed E-state index contributed by atoms with van der Waals surface area (Å²) >= 11 is 0. The van der Waals surface area contributed by atoms with Crippen molar-refractivity contribution in [1.82, 2.24) is 10.2 Å². The molecule has 0 saturated heterocycles. The van der Waals surface area contributed by atoms with E-state index < -0.39 is 0 Å². The van der Waals surface area contributed by atoms with Gasteiger partial charge in [-0.1, -0.05) is 17.2 Å². The Kier molecular flexibility index (Phi) is 4.14. The van der Waals surface area contributed by atoms with E-state index >= 15 is 0 Å². The normalized spacial score (nSPS) is 10.5. The molecule has 0 unspecified atom stereocenters. The molecule has 0 aliphatic carbocycles. The van der Waals surface area contributed by atoms with E-state index in [1.807, 2.05) is 24.3 Å². The number of anilines is 2. The molecule has 18 heavy (non-hydrogen) atoms. The number of ether oxygens (including phenoxy) is 1. The molecule has 3 N–H and O–H groups in total. The predicted molar refractivity (Wildman–Crippen MR) is 68.3 cm³/mol. The maximum atomic E-state index is 5.62. The van der Waals surface area contributed by atoms with Crippen LogP contribution in [0.15, 0.2) is 28.7 Å². The molecule has 6 nitrogen and oxygen atoms in total. The minimum Gasteiger partial charge on any atom is -0.408 e. The molecule has 1 heterocycles. The SMILES string of the molecule is COCCNc1nnc(Cc2ccc(N)cc2)o1.